The summed E-state index contributed by atoms with van der Waals surface area (Å²) >= 11 is 6.03. The molecule has 1 unspecified atom stereocenters. The van der Waals surface area contributed by atoms with E-state index in [0.717, 1.165) is 28.9 Å². The SMILES string of the molecule is O=C(NC1Cc2ccc(Cl)cc2C1)c1ccc2nc(CO)[nH]c2c1. The Morgan fingerprint density at radius 1 is 1.25 bits per heavy atom. The van der Waals surface area contributed by atoms with Gasteiger partial charge in [0.2, 0.25) is 0 Å². The fourth-order valence-corrected chi connectivity index (χ4v) is 3.43. The van der Waals surface area contributed by atoms with Gasteiger partial charge in [-0.15, -0.1) is 0 Å². The summed E-state index contributed by atoms with van der Waals surface area (Å²) < 4.78 is 0. The number of nitrogens with zero attached hydrogens (tertiary/aromatic N) is 1. The van der Waals surface area contributed by atoms with Crippen molar-refractivity contribution < 1.29 is 9.90 Å². The molecular formula is C18H16ClN3O2. The van der Waals surface area contributed by atoms with Crippen LogP contribution in [0.1, 0.15) is 27.3 Å². The molecule has 0 radical (unpaired) electrons. The molecule has 1 atom stereocenters. The normalized spacial score (nSPS) is 16.3. The zero-order valence-corrected chi connectivity index (χ0v) is 13.6. The van der Waals surface area contributed by atoms with Gasteiger partial charge in [-0.2, -0.15) is 0 Å². The van der Waals surface area contributed by atoms with Gasteiger partial charge in [-0.3, -0.25) is 4.79 Å². The molecule has 1 aliphatic carbocycles. The van der Waals surface area contributed by atoms with Gasteiger partial charge < -0.3 is 15.4 Å². The largest absolute Gasteiger partial charge is 0.388 e. The van der Waals surface area contributed by atoms with E-state index in [1.807, 2.05) is 18.2 Å². The predicted molar refractivity (Wildman–Crippen MR) is 92.1 cm³/mol. The third kappa shape index (κ3) is 2.77. The van der Waals surface area contributed by atoms with Crippen molar-refractivity contribution in [2.45, 2.75) is 25.5 Å². The first-order valence-corrected chi connectivity index (χ1v) is 8.18. The number of imidazole rings is 1. The van der Waals surface area contributed by atoms with Crippen molar-refractivity contribution in [3.63, 3.8) is 0 Å². The van der Waals surface area contributed by atoms with Crippen molar-refractivity contribution >= 4 is 28.5 Å². The van der Waals surface area contributed by atoms with Crippen LogP contribution in [0.25, 0.3) is 11.0 Å². The summed E-state index contributed by atoms with van der Waals surface area (Å²) in [5.74, 6) is 0.381. The Balaban J connectivity index is 1.50. The summed E-state index contributed by atoms with van der Waals surface area (Å²) in [6.07, 6.45) is 1.61. The van der Waals surface area contributed by atoms with Gasteiger partial charge >= 0.3 is 0 Å². The average Bonchev–Trinajstić information content (AvgIpc) is 3.16. The van der Waals surface area contributed by atoms with E-state index in [0.29, 0.717) is 11.4 Å². The van der Waals surface area contributed by atoms with Crippen LogP contribution in [0, 0.1) is 0 Å². The van der Waals surface area contributed by atoms with Gasteiger partial charge in [0, 0.05) is 16.6 Å². The maximum atomic E-state index is 12.5. The maximum Gasteiger partial charge on any atom is 0.251 e. The lowest BCUT2D eigenvalue weighted by molar-refractivity contribution is 0.0938. The van der Waals surface area contributed by atoms with Crippen LogP contribution in [-0.2, 0) is 19.4 Å². The number of aliphatic hydroxyl groups excluding tert-OH is 1. The Labute approximate surface area is 143 Å². The second kappa shape index (κ2) is 5.92. The second-order valence-corrected chi connectivity index (χ2v) is 6.50. The van der Waals surface area contributed by atoms with Crippen LogP contribution in [0.2, 0.25) is 5.02 Å². The summed E-state index contributed by atoms with van der Waals surface area (Å²) in [5.41, 5.74) is 4.49. The van der Waals surface area contributed by atoms with Crippen molar-refractivity contribution in [3.05, 3.63) is 63.9 Å². The molecule has 0 aliphatic heterocycles. The van der Waals surface area contributed by atoms with Crippen LogP contribution in [-0.4, -0.2) is 27.0 Å². The van der Waals surface area contributed by atoms with E-state index >= 15 is 0 Å². The topological polar surface area (TPSA) is 78.0 Å². The summed E-state index contributed by atoms with van der Waals surface area (Å²) in [6, 6.07) is 11.2. The predicted octanol–water partition coefficient (Wildman–Crippen LogP) is 2.61. The highest BCUT2D eigenvalue weighted by atomic mass is 35.5. The molecule has 0 saturated heterocycles. The molecule has 1 aromatic heterocycles. The first kappa shape index (κ1) is 15.2. The molecule has 0 bridgehead atoms. The van der Waals surface area contributed by atoms with Crippen LogP contribution >= 0.6 is 11.6 Å². The number of aromatic amines is 1. The molecule has 3 aromatic rings. The highest BCUT2D eigenvalue weighted by molar-refractivity contribution is 6.30. The van der Waals surface area contributed by atoms with Crippen LogP contribution in [0.4, 0.5) is 0 Å². The molecule has 3 N–H and O–H groups in total. The van der Waals surface area contributed by atoms with Gasteiger partial charge in [0.15, 0.2) is 0 Å². The van der Waals surface area contributed by atoms with Gasteiger partial charge in [-0.1, -0.05) is 17.7 Å². The van der Waals surface area contributed by atoms with Crippen LogP contribution in [0.5, 0.6) is 0 Å². The Morgan fingerprint density at radius 3 is 2.92 bits per heavy atom. The summed E-state index contributed by atoms with van der Waals surface area (Å²) in [7, 11) is 0. The van der Waals surface area contributed by atoms with E-state index in [1.54, 1.807) is 18.2 Å². The highest BCUT2D eigenvalue weighted by Crippen LogP contribution is 2.25. The van der Waals surface area contributed by atoms with E-state index in [2.05, 4.69) is 15.3 Å². The van der Waals surface area contributed by atoms with Crippen LogP contribution in [0.15, 0.2) is 36.4 Å². The number of carbonyl (C=O) groups excluding carboxylic acids is 1. The Morgan fingerprint density at radius 2 is 2.08 bits per heavy atom. The Hall–Kier alpha value is -2.37. The van der Waals surface area contributed by atoms with E-state index in [4.69, 9.17) is 16.7 Å². The number of rotatable bonds is 3. The quantitative estimate of drug-likeness (QED) is 0.685. The van der Waals surface area contributed by atoms with E-state index < -0.39 is 0 Å². The Bertz CT molecular complexity index is 935. The third-order valence-corrected chi connectivity index (χ3v) is 4.61. The fourth-order valence-electron chi connectivity index (χ4n) is 3.24. The van der Waals surface area contributed by atoms with E-state index in [1.165, 1.54) is 11.1 Å². The van der Waals surface area contributed by atoms with Gasteiger partial charge in [-0.25, -0.2) is 4.98 Å². The van der Waals surface area contributed by atoms with E-state index in [-0.39, 0.29) is 18.6 Å². The van der Waals surface area contributed by atoms with Crippen molar-refractivity contribution in [2.75, 3.05) is 0 Å². The van der Waals surface area contributed by atoms with Crippen molar-refractivity contribution in [2.24, 2.45) is 0 Å². The maximum absolute atomic E-state index is 12.5. The minimum absolute atomic E-state index is 0.0800. The first-order chi connectivity index (χ1) is 11.6. The monoisotopic (exact) mass is 341 g/mol. The number of H-pyrrole nitrogens is 1. The molecule has 4 rings (SSSR count). The van der Waals surface area contributed by atoms with Gasteiger partial charge in [-0.05, 0) is 54.3 Å². The Kier molecular flexibility index (Phi) is 3.75. The van der Waals surface area contributed by atoms with E-state index in [9.17, 15) is 4.79 Å². The summed E-state index contributed by atoms with van der Waals surface area (Å²) in [4.78, 5) is 19.7. The lowest BCUT2D eigenvalue weighted by Gasteiger charge is -2.12. The zero-order valence-electron chi connectivity index (χ0n) is 12.8. The number of hydrogen-bond donors (Lipinski definition) is 3. The minimum Gasteiger partial charge on any atom is -0.388 e. The number of hydrogen-bond acceptors (Lipinski definition) is 3. The molecule has 0 spiro atoms. The molecule has 5 nitrogen and oxygen atoms in total. The minimum atomic E-state index is -0.154. The average molecular weight is 342 g/mol. The zero-order chi connectivity index (χ0) is 16.7. The standard InChI is InChI=1S/C18H16ClN3O2/c19-13-3-1-10-6-14(7-12(10)5-13)20-18(24)11-2-4-15-16(8-11)22-17(9-23)21-15/h1-5,8,14,23H,6-7,9H2,(H,20,24)(H,21,22). The number of amides is 1. The van der Waals surface area contributed by atoms with Gasteiger partial charge in [0.1, 0.15) is 12.4 Å². The molecule has 2 aromatic carbocycles. The molecular weight excluding hydrogens is 326 g/mol. The molecule has 122 valence electrons. The number of nitrogens with one attached hydrogen (secondary N) is 2. The number of aromatic nitrogens is 2. The summed E-state index contributed by atoms with van der Waals surface area (Å²) in [5, 5.41) is 12.9. The lowest BCUT2D eigenvalue weighted by atomic mass is 10.1. The second-order valence-electron chi connectivity index (χ2n) is 6.07. The molecule has 1 heterocycles. The number of halogens is 1. The molecule has 1 amide bonds. The van der Waals surface area contributed by atoms with Crippen molar-refractivity contribution in [1.29, 1.82) is 0 Å². The van der Waals surface area contributed by atoms with Crippen LogP contribution < -0.4 is 5.32 Å². The van der Waals surface area contributed by atoms with Crippen molar-refractivity contribution in [3.8, 4) is 0 Å². The molecule has 24 heavy (non-hydrogen) atoms. The number of aliphatic hydroxyl groups is 1. The lowest BCUT2D eigenvalue weighted by Crippen LogP contribution is -2.35. The van der Waals surface area contributed by atoms with Crippen LogP contribution in [0.3, 0.4) is 0 Å². The summed E-state index contributed by atoms with van der Waals surface area (Å²) in [6.45, 7) is -0.154. The third-order valence-electron chi connectivity index (χ3n) is 4.38. The molecule has 0 saturated carbocycles. The number of benzene rings is 2. The smallest absolute Gasteiger partial charge is 0.251 e. The van der Waals surface area contributed by atoms with Crippen molar-refractivity contribution in [1.82, 2.24) is 15.3 Å². The number of fused-ring (bicyclic) bond motifs is 2. The molecule has 1 aliphatic rings. The van der Waals surface area contributed by atoms with Gasteiger partial charge in [0.25, 0.3) is 5.91 Å². The fraction of sp³-hybridized carbons (Fsp3) is 0.222. The molecule has 0 fully saturated rings. The van der Waals surface area contributed by atoms with Gasteiger partial charge in [0.05, 0.1) is 11.0 Å². The highest BCUT2D eigenvalue weighted by Gasteiger charge is 2.23. The molecule has 6 heteroatoms. The number of carbonyl (C=O) groups is 1. The first-order valence-electron chi connectivity index (χ1n) is 7.80.